The maximum absolute atomic E-state index is 13.5. The van der Waals surface area contributed by atoms with Gasteiger partial charge in [0, 0.05) is 18.8 Å². The van der Waals surface area contributed by atoms with Gasteiger partial charge in [0.2, 0.25) is 5.91 Å². The largest absolute Gasteiger partial charge is 0.383 e. The third kappa shape index (κ3) is 5.47. The zero-order valence-corrected chi connectivity index (χ0v) is 19.8. The lowest BCUT2D eigenvalue weighted by Crippen LogP contribution is -2.48. The summed E-state index contributed by atoms with van der Waals surface area (Å²) < 4.78 is 25.5. The average molecular weight is 478 g/mol. The van der Waals surface area contributed by atoms with Gasteiger partial charge in [-0.25, -0.2) is 13.2 Å². The Balaban J connectivity index is 1.96. The molecule has 1 aliphatic rings. The molecule has 1 saturated heterocycles. The van der Waals surface area contributed by atoms with E-state index in [1.54, 1.807) is 31.2 Å². The number of carbonyl (C=O) groups is 1. The van der Waals surface area contributed by atoms with Crippen molar-refractivity contribution in [2.45, 2.75) is 45.7 Å². The molecule has 1 aromatic heterocycles. The number of amides is 1. The number of benzene rings is 1. The molecular weight excluding hydrogens is 446 g/mol. The van der Waals surface area contributed by atoms with Crippen molar-refractivity contribution in [3.05, 3.63) is 51.2 Å². The minimum absolute atomic E-state index is 0.0153. The number of unbranched alkanes of at least 4 members (excludes halogenated alkanes) is 1. The Morgan fingerprint density at radius 3 is 2.48 bits per heavy atom. The first kappa shape index (κ1) is 24.6. The summed E-state index contributed by atoms with van der Waals surface area (Å²) in [5, 5.41) is 0. The first-order valence-electron chi connectivity index (χ1n) is 11.1. The number of nitrogens with two attached hydrogens (primary N) is 1. The number of nitrogens with zero attached hydrogens (tertiary/aromatic N) is 3. The zero-order chi connectivity index (χ0) is 24.2. The van der Waals surface area contributed by atoms with E-state index in [2.05, 4.69) is 4.98 Å². The van der Waals surface area contributed by atoms with Crippen LogP contribution in [-0.2, 0) is 21.2 Å². The Labute approximate surface area is 192 Å². The van der Waals surface area contributed by atoms with Gasteiger partial charge < -0.3 is 15.5 Å². The number of carbonyl (C=O) groups excluding carboxylic acids is 1. The number of nitrogens with one attached hydrogen (secondary N) is 1. The molecule has 10 nitrogen and oxygen atoms in total. The Bertz CT molecular complexity index is 1210. The van der Waals surface area contributed by atoms with Gasteiger partial charge >= 0.3 is 5.69 Å². The van der Waals surface area contributed by atoms with Gasteiger partial charge in [0.15, 0.2) is 9.84 Å². The van der Waals surface area contributed by atoms with E-state index in [0.29, 0.717) is 25.1 Å². The lowest BCUT2D eigenvalue weighted by atomic mass is 10.1. The standard InChI is InChI=1S/C22H31N5O5S/c1-3-5-12-26-20(23)19(21(29)24-22(26)30)25(4-2)14-18(28)27(16-9-7-6-8-10-16)17-11-13-33(31,32)15-17/h6-10,17H,3-5,11-15,23H2,1-2H3,(H,24,29,30). The first-order valence-corrected chi connectivity index (χ1v) is 13.0. The number of aromatic amines is 1. The molecule has 0 aliphatic carbocycles. The summed E-state index contributed by atoms with van der Waals surface area (Å²) in [7, 11) is -3.22. The Hall–Kier alpha value is -3.08. The Kier molecular flexibility index (Phi) is 7.62. The Morgan fingerprint density at radius 2 is 1.91 bits per heavy atom. The van der Waals surface area contributed by atoms with E-state index in [9.17, 15) is 22.8 Å². The van der Waals surface area contributed by atoms with Crippen LogP contribution >= 0.6 is 0 Å². The van der Waals surface area contributed by atoms with E-state index in [1.165, 1.54) is 14.4 Å². The van der Waals surface area contributed by atoms with Crippen LogP contribution in [0.25, 0.3) is 0 Å². The van der Waals surface area contributed by atoms with E-state index in [1.807, 2.05) is 13.0 Å². The van der Waals surface area contributed by atoms with Crippen molar-refractivity contribution in [2.24, 2.45) is 0 Å². The van der Waals surface area contributed by atoms with Crippen LogP contribution in [0.1, 0.15) is 33.1 Å². The number of para-hydroxylation sites is 1. The monoisotopic (exact) mass is 477 g/mol. The highest BCUT2D eigenvalue weighted by Gasteiger charge is 2.36. The van der Waals surface area contributed by atoms with Crippen molar-refractivity contribution >= 4 is 32.9 Å². The number of hydrogen-bond donors (Lipinski definition) is 2. The van der Waals surface area contributed by atoms with E-state index in [-0.39, 0.29) is 42.0 Å². The molecule has 0 bridgehead atoms. The molecule has 3 rings (SSSR count). The van der Waals surface area contributed by atoms with Crippen molar-refractivity contribution in [3.63, 3.8) is 0 Å². The van der Waals surface area contributed by atoms with E-state index in [0.717, 1.165) is 6.42 Å². The van der Waals surface area contributed by atoms with Gasteiger partial charge in [-0.2, -0.15) is 0 Å². The minimum atomic E-state index is -3.22. The van der Waals surface area contributed by atoms with Crippen LogP contribution in [-0.4, -0.2) is 54.5 Å². The first-order chi connectivity index (χ1) is 15.7. The van der Waals surface area contributed by atoms with Crippen molar-refractivity contribution in [2.75, 3.05) is 40.1 Å². The molecule has 1 amide bonds. The SMILES string of the molecule is CCCCn1c(N)c(N(CC)CC(=O)N(c2ccccc2)C2CCS(=O)(=O)C2)c(=O)[nH]c1=O. The molecule has 3 N–H and O–H groups in total. The summed E-state index contributed by atoms with van der Waals surface area (Å²) in [6.45, 7) is 4.21. The maximum Gasteiger partial charge on any atom is 0.330 e. The molecule has 1 aliphatic heterocycles. The van der Waals surface area contributed by atoms with Crippen molar-refractivity contribution in [3.8, 4) is 0 Å². The summed E-state index contributed by atoms with van der Waals surface area (Å²) in [5.74, 6) is -0.415. The number of hydrogen-bond acceptors (Lipinski definition) is 7. The third-order valence-corrected chi connectivity index (χ3v) is 7.60. The molecule has 0 radical (unpaired) electrons. The predicted octanol–water partition coefficient (Wildman–Crippen LogP) is 0.966. The van der Waals surface area contributed by atoms with Crippen LogP contribution < -0.4 is 26.8 Å². The molecule has 1 atom stereocenters. The van der Waals surface area contributed by atoms with Gasteiger partial charge in [0.25, 0.3) is 5.56 Å². The predicted molar refractivity (Wildman–Crippen MR) is 130 cm³/mol. The van der Waals surface area contributed by atoms with Gasteiger partial charge in [-0.15, -0.1) is 0 Å². The lowest BCUT2D eigenvalue weighted by molar-refractivity contribution is -0.117. The second-order valence-electron chi connectivity index (χ2n) is 8.17. The number of rotatable bonds is 9. The number of H-pyrrole nitrogens is 1. The van der Waals surface area contributed by atoms with Gasteiger partial charge in [-0.3, -0.25) is 19.1 Å². The van der Waals surface area contributed by atoms with Gasteiger partial charge in [-0.1, -0.05) is 31.5 Å². The van der Waals surface area contributed by atoms with E-state index in [4.69, 9.17) is 5.73 Å². The lowest BCUT2D eigenvalue weighted by Gasteiger charge is -2.32. The fourth-order valence-corrected chi connectivity index (χ4v) is 5.84. The van der Waals surface area contributed by atoms with Crippen LogP contribution in [0.2, 0.25) is 0 Å². The average Bonchev–Trinajstić information content (AvgIpc) is 3.12. The van der Waals surface area contributed by atoms with Crippen molar-refractivity contribution in [1.29, 1.82) is 0 Å². The van der Waals surface area contributed by atoms with Crippen LogP contribution in [0.3, 0.4) is 0 Å². The summed E-state index contributed by atoms with van der Waals surface area (Å²) in [6, 6.07) is 8.40. The van der Waals surface area contributed by atoms with E-state index >= 15 is 0 Å². The Morgan fingerprint density at radius 1 is 1.21 bits per heavy atom. The molecular formula is C22H31N5O5S. The maximum atomic E-state index is 13.5. The summed E-state index contributed by atoms with van der Waals surface area (Å²) >= 11 is 0. The van der Waals surface area contributed by atoms with E-state index < -0.39 is 27.1 Å². The van der Waals surface area contributed by atoms with Gasteiger partial charge in [0.05, 0.1) is 24.1 Å². The second kappa shape index (κ2) is 10.2. The zero-order valence-electron chi connectivity index (χ0n) is 19.0. The van der Waals surface area contributed by atoms with Gasteiger partial charge in [-0.05, 0) is 31.9 Å². The van der Waals surface area contributed by atoms with Crippen molar-refractivity contribution < 1.29 is 13.2 Å². The quantitative estimate of drug-likeness (QED) is 0.548. The highest BCUT2D eigenvalue weighted by atomic mass is 32.2. The smallest absolute Gasteiger partial charge is 0.330 e. The van der Waals surface area contributed by atoms with Crippen LogP contribution in [0, 0.1) is 0 Å². The highest BCUT2D eigenvalue weighted by molar-refractivity contribution is 7.91. The number of likely N-dealkylation sites (N-methyl/N-ethyl adjacent to an activating group) is 1. The summed E-state index contributed by atoms with van der Waals surface area (Å²) in [6.07, 6.45) is 1.89. The summed E-state index contributed by atoms with van der Waals surface area (Å²) in [4.78, 5) is 43.7. The molecule has 1 fully saturated rings. The molecule has 2 heterocycles. The normalized spacial score (nSPS) is 17.1. The fourth-order valence-electron chi connectivity index (χ4n) is 4.14. The number of sulfone groups is 1. The molecule has 2 aromatic rings. The highest BCUT2D eigenvalue weighted by Crippen LogP contribution is 2.25. The molecule has 1 unspecified atom stereocenters. The number of anilines is 3. The van der Waals surface area contributed by atoms with Crippen LogP contribution in [0.15, 0.2) is 39.9 Å². The fraction of sp³-hybridized carbons (Fsp3) is 0.500. The van der Waals surface area contributed by atoms with Crippen molar-refractivity contribution in [1.82, 2.24) is 9.55 Å². The molecule has 11 heteroatoms. The minimum Gasteiger partial charge on any atom is -0.383 e. The van der Waals surface area contributed by atoms with Crippen LogP contribution in [0.4, 0.5) is 17.2 Å². The van der Waals surface area contributed by atoms with Gasteiger partial charge in [0.1, 0.15) is 11.5 Å². The molecule has 180 valence electrons. The second-order valence-corrected chi connectivity index (χ2v) is 10.4. The molecule has 0 saturated carbocycles. The molecule has 1 aromatic carbocycles. The summed E-state index contributed by atoms with van der Waals surface area (Å²) in [5.41, 5.74) is 5.63. The molecule has 0 spiro atoms. The number of nitrogen functional groups attached to an aromatic ring is 1. The third-order valence-electron chi connectivity index (χ3n) is 5.85. The number of aromatic nitrogens is 2. The topological polar surface area (TPSA) is 139 Å². The van der Waals surface area contributed by atoms with Crippen LogP contribution in [0.5, 0.6) is 0 Å². The molecule has 33 heavy (non-hydrogen) atoms.